The normalized spacial score (nSPS) is 11.4. The van der Waals surface area contributed by atoms with Crippen LogP contribution in [-0.2, 0) is 6.54 Å². The van der Waals surface area contributed by atoms with Crippen molar-refractivity contribution in [2.45, 2.75) is 33.7 Å². The lowest BCUT2D eigenvalue weighted by Gasteiger charge is -2.27. The Balaban J connectivity index is 2.09. The van der Waals surface area contributed by atoms with Gasteiger partial charge in [0.1, 0.15) is 0 Å². The molecule has 0 amide bonds. The van der Waals surface area contributed by atoms with Crippen molar-refractivity contribution in [2.24, 2.45) is 0 Å². The number of H-pyrrole nitrogens is 1. The van der Waals surface area contributed by atoms with Gasteiger partial charge in [-0.05, 0) is 76.3 Å². The number of nitrogens with one attached hydrogen (secondary N) is 2. The molecule has 0 bridgehead atoms. The van der Waals surface area contributed by atoms with Gasteiger partial charge < -0.3 is 25.0 Å². The summed E-state index contributed by atoms with van der Waals surface area (Å²) in [6, 6.07) is 8.06. The molecule has 0 atom stereocenters. The molecule has 0 aliphatic carbocycles. The zero-order valence-electron chi connectivity index (χ0n) is 19.1. The first kappa shape index (κ1) is 24.3. The van der Waals surface area contributed by atoms with Crippen molar-refractivity contribution in [3.8, 4) is 0 Å². The van der Waals surface area contributed by atoms with E-state index in [0.717, 1.165) is 67.7 Å². The summed E-state index contributed by atoms with van der Waals surface area (Å²) < 4.78 is 0. The Morgan fingerprint density at radius 1 is 1.13 bits per heavy atom. The number of aryl methyl sites for hydroxylation is 1. The maximum Gasteiger partial charge on any atom is 0.253 e. The fourth-order valence-corrected chi connectivity index (χ4v) is 3.73. The minimum Gasteiger partial charge on any atom is -0.363 e. The second kappa shape index (κ2) is 12.0. The maximum atomic E-state index is 12.7. The number of rotatable bonds is 11. The fourth-order valence-electron chi connectivity index (χ4n) is 3.47. The second-order valence-electron chi connectivity index (χ2n) is 8.00. The van der Waals surface area contributed by atoms with Gasteiger partial charge in [-0.15, -0.1) is 0 Å². The highest BCUT2D eigenvalue weighted by Crippen LogP contribution is 2.15. The topological polar surface area (TPSA) is 54.6 Å². The molecular formula is C23H37N5OS. The van der Waals surface area contributed by atoms with Gasteiger partial charge in [0, 0.05) is 25.2 Å². The van der Waals surface area contributed by atoms with Crippen LogP contribution in [0.3, 0.4) is 0 Å². The Morgan fingerprint density at radius 2 is 1.87 bits per heavy atom. The van der Waals surface area contributed by atoms with Crippen molar-refractivity contribution < 1.29 is 0 Å². The standard InChI is InChI=1S/C23H37N5OS/c1-6-27(7-2)13-9-12-24-23(30)28(15-14-26(4)5)17-20-16-19-11-8-10-18(3)21(19)25-22(20)29/h8,10-11,16H,6-7,9,12-15,17H2,1-5H3,(H,24,30)(H,25,29). The van der Waals surface area contributed by atoms with Crippen molar-refractivity contribution in [1.82, 2.24) is 25.0 Å². The Morgan fingerprint density at radius 3 is 2.53 bits per heavy atom. The lowest BCUT2D eigenvalue weighted by Crippen LogP contribution is -2.44. The van der Waals surface area contributed by atoms with Crippen LogP contribution in [-0.4, -0.2) is 78.2 Å². The van der Waals surface area contributed by atoms with Crippen LogP contribution in [0.4, 0.5) is 0 Å². The molecule has 2 aromatic rings. The summed E-state index contributed by atoms with van der Waals surface area (Å²) in [6.45, 7) is 12.5. The van der Waals surface area contributed by atoms with E-state index in [9.17, 15) is 4.79 Å². The summed E-state index contributed by atoms with van der Waals surface area (Å²) in [4.78, 5) is 22.4. The number of para-hydroxylation sites is 1. The number of fused-ring (bicyclic) bond motifs is 1. The van der Waals surface area contributed by atoms with Crippen LogP contribution in [0.25, 0.3) is 10.9 Å². The highest BCUT2D eigenvalue weighted by atomic mass is 32.1. The van der Waals surface area contributed by atoms with Gasteiger partial charge in [-0.3, -0.25) is 4.79 Å². The number of aromatic nitrogens is 1. The first-order valence-electron chi connectivity index (χ1n) is 10.9. The fraction of sp³-hybridized carbons (Fsp3) is 0.565. The number of likely N-dealkylation sites (N-methyl/N-ethyl adjacent to an activating group) is 1. The lowest BCUT2D eigenvalue weighted by atomic mass is 10.1. The molecule has 0 unspecified atom stereocenters. The highest BCUT2D eigenvalue weighted by molar-refractivity contribution is 7.80. The summed E-state index contributed by atoms with van der Waals surface area (Å²) in [7, 11) is 4.09. The molecule has 1 aromatic heterocycles. The molecule has 0 aliphatic rings. The molecular weight excluding hydrogens is 394 g/mol. The Kier molecular flexibility index (Phi) is 9.75. The van der Waals surface area contributed by atoms with Gasteiger partial charge in [0.2, 0.25) is 0 Å². The largest absolute Gasteiger partial charge is 0.363 e. The van der Waals surface area contributed by atoms with Crippen LogP contribution in [0.5, 0.6) is 0 Å². The number of aromatic amines is 1. The molecule has 1 heterocycles. The average molecular weight is 432 g/mol. The van der Waals surface area contributed by atoms with Crippen LogP contribution in [0.1, 0.15) is 31.4 Å². The van der Waals surface area contributed by atoms with Gasteiger partial charge in [0.25, 0.3) is 5.56 Å². The Labute approximate surface area is 186 Å². The first-order valence-corrected chi connectivity index (χ1v) is 11.3. The van der Waals surface area contributed by atoms with Crippen molar-refractivity contribution in [1.29, 1.82) is 0 Å². The van der Waals surface area contributed by atoms with Crippen LogP contribution in [0, 0.1) is 6.92 Å². The van der Waals surface area contributed by atoms with Gasteiger partial charge in [-0.25, -0.2) is 0 Å². The monoisotopic (exact) mass is 431 g/mol. The van der Waals surface area contributed by atoms with E-state index in [2.05, 4.69) is 38.8 Å². The molecule has 0 saturated carbocycles. The van der Waals surface area contributed by atoms with E-state index < -0.39 is 0 Å². The second-order valence-corrected chi connectivity index (χ2v) is 8.39. The molecule has 0 saturated heterocycles. The van der Waals surface area contributed by atoms with E-state index in [-0.39, 0.29) is 5.56 Å². The third-order valence-electron chi connectivity index (χ3n) is 5.45. The molecule has 0 spiro atoms. The number of thiocarbonyl (C=S) groups is 1. The maximum absolute atomic E-state index is 12.7. The predicted octanol–water partition coefficient (Wildman–Crippen LogP) is 2.81. The smallest absolute Gasteiger partial charge is 0.253 e. The molecule has 2 N–H and O–H groups in total. The number of nitrogens with zero attached hydrogens (tertiary/aromatic N) is 3. The number of hydrogen-bond donors (Lipinski definition) is 2. The van der Waals surface area contributed by atoms with E-state index in [1.165, 1.54) is 0 Å². The minimum absolute atomic E-state index is 0.0454. The molecule has 30 heavy (non-hydrogen) atoms. The molecule has 0 radical (unpaired) electrons. The molecule has 0 fully saturated rings. The van der Waals surface area contributed by atoms with Gasteiger partial charge in [0.05, 0.1) is 12.1 Å². The SMILES string of the molecule is CCN(CC)CCCNC(=S)N(CCN(C)C)Cc1cc2cccc(C)c2[nH]c1=O. The highest BCUT2D eigenvalue weighted by Gasteiger charge is 2.14. The minimum atomic E-state index is -0.0454. The Hall–Kier alpha value is -1.96. The van der Waals surface area contributed by atoms with Gasteiger partial charge >= 0.3 is 0 Å². The third-order valence-corrected chi connectivity index (χ3v) is 5.85. The summed E-state index contributed by atoms with van der Waals surface area (Å²) in [6.07, 6.45) is 1.04. The average Bonchev–Trinajstić information content (AvgIpc) is 2.72. The zero-order valence-corrected chi connectivity index (χ0v) is 19.9. The molecule has 6 nitrogen and oxygen atoms in total. The third kappa shape index (κ3) is 7.07. The summed E-state index contributed by atoms with van der Waals surface area (Å²) in [5.41, 5.74) is 2.67. The van der Waals surface area contributed by atoms with Crippen LogP contribution < -0.4 is 10.9 Å². The van der Waals surface area contributed by atoms with Crippen LogP contribution >= 0.6 is 12.2 Å². The van der Waals surface area contributed by atoms with Crippen molar-refractivity contribution >= 4 is 28.2 Å². The van der Waals surface area contributed by atoms with Crippen molar-refractivity contribution in [3.63, 3.8) is 0 Å². The zero-order chi connectivity index (χ0) is 22.1. The van der Waals surface area contributed by atoms with Crippen molar-refractivity contribution in [2.75, 3.05) is 53.4 Å². The van der Waals surface area contributed by atoms with E-state index in [0.29, 0.717) is 11.7 Å². The summed E-state index contributed by atoms with van der Waals surface area (Å²) in [5, 5.41) is 5.16. The molecule has 7 heteroatoms. The predicted molar refractivity (Wildman–Crippen MR) is 131 cm³/mol. The van der Waals surface area contributed by atoms with Crippen molar-refractivity contribution in [3.05, 3.63) is 45.7 Å². The molecule has 2 rings (SSSR count). The summed E-state index contributed by atoms with van der Waals surface area (Å²) in [5.74, 6) is 0. The van der Waals surface area contributed by atoms with Gasteiger partial charge in [-0.2, -0.15) is 0 Å². The van der Waals surface area contributed by atoms with E-state index >= 15 is 0 Å². The molecule has 166 valence electrons. The van der Waals surface area contributed by atoms with Crippen LogP contribution in [0.15, 0.2) is 29.1 Å². The first-order chi connectivity index (χ1) is 14.3. The Bertz CT molecular complexity index is 876. The lowest BCUT2D eigenvalue weighted by molar-refractivity contribution is 0.297. The molecule has 0 aliphatic heterocycles. The quantitative estimate of drug-likeness (QED) is 0.422. The van der Waals surface area contributed by atoms with Crippen LogP contribution in [0.2, 0.25) is 0 Å². The summed E-state index contributed by atoms with van der Waals surface area (Å²) >= 11 is 5.69. The van der Waals surface area contributed by atoms with Gasteiger partial charge in [0.15, 0.2) is 5.11 Å². The van der Waals surface area contributed by atoms with E-state index in [1.54, 1.807) is 0 Å². The van der Waals surface area contributed by atoms with E-state index in [1.807, 2.05) is 45.3 Å². The number of hydrogen-bond acceptors (Lipinski definition) is 4. The van der Waals surface area contributed by atoms with Gasteiger partial charge in [-0.1, -0.05) is 32.0 Å². The molecule has 1 aromatic carbocycles. The van der Waals surface area contributed by atoms with E-state index in [4.69, 9.17) is 12.2 Å². The number of pyridine rings is 1. The number of benzene rings is 1.